The van der Waals surface area contributed by atoms with Gasteiger partial charge in [-0.15, -0.1) is 0 Å². The first-order valence-corrected chi connectivity index (χ1v) is 12.1. The summed E-state index contributed by atoms with van der Waals surface area (Å²) in [7, 11) is 0. The third kappa shape index (κ3) is 6.23. The van der Waals surface area contributed by atoms with Crippen LogP contribution < -0.4 is 10.1 Å². The number of benzene rings is 3. The van der Waals surface area contributed by atoms with Crippen LogP contribution in [-0.2, 0) is 13.0 Å². The number of hydrogen-bond donors (Lipinski definition) is 1. The van der Waals surface area contributed by atoms with Gasteiger partial charge < -0.3 is 14.6 Å². The minimum absolute atomic E-state index is 0.0767. The molecule has 0 bridgehead atoms. The lowest BCUT2D eigenvalue weighted by Crippen LogP contribution is -2.26. The molecule has 4 aromatic rings. The molecule has 170 valence electrons. The third-order valence-corrected chi connectivity index (χ3v) is 6.01. The van der Waals surface area contributed by atoms with Crippen LogP contribution in [0.1, 0.15) is 34.6 Å². The van der Waals surface area contributed by atoms with Crippen molar-refractivity contribution < 1.29 is 9.53 Å². The van der Waals surface area contributed by atoms with Crippen molar-refractivity contribution in [3.05, 3.63) is 94.2 Å². The van der Waals surface area contributed by atoms with E-state index in [0.717, 1.165) is 46.5 Å². The van der Waals surface area contributed by atoms with Crippen molar-refractivity contribution >= 4 is 32.9 Å². The van der Waals surface area contributed by atoms with E-state index in [-0.39, 0.29) is 5.91 Å². The second-order valence-electron chi connectivity index (χ2n) is 8.05. The summed E-state index contributed by atoms with van der Waals surface area (Å²) in [5.41, 5.74) is 3.99. The van der Waals surface area contributed by atoms with E-state index in [1.807, 2.05) is 54.6 Å². The quantitative estimate of drug-likeness (QED) is 0.271. The molecule has 4 rings (SSSR count). The molecule has 0 atom stereocenters. The molecule has 1 amide bonds. The zero-order chi connectivity index (χ0) is 23.0. The Labute approximate surface area is 202 Å². The predicted molar refractivity (Wildman–Crippen MR) is 136 cm³/mol. The summed E-state index contributed by atoms with van der Waals surface area (Å²) in [4.78, 5) is 17.3. The number of hydrogen-bond acceptors (Lipinski definition) is 3. The summed E-state index contributed by atoms with van der Waals surface area (Å²) in [6.45, 7) is 4.16. The SMILES string of the molecule is Cc1ccc(OCCCCn2c(CCNC(=O)c3cccc(Br)c3)nc3ccccc32)cc1. The van der Waals surface area contributed by atoms with Crippen molar-refractivity contribution in [1.82, 2.24) is 14.9 Å². The molecule has 0 unspecified atom stereocenters. The maximum atomic E-state index is 12.5. The molecule has 33 heavy (non-hydrogen) atoms. The number of rotatable bonds is 10. The van der Waals surface area contributed by atoms with Crippen molar-refractivity contribution in [2.75, 3.05) is 13.2 Å². The van der Waals surface area contributed by atoms with Crippen molar-refractivity contribution in [3.8, 4) is 5.75 Å². The number of nitrogens with zero attached hydrogens (tertiary/aromatic N) is 2. The van der Waals surface area contributed by atoms with Gasteiger partial charge in [-0.25, -0.2) is 4.98 Å². The van der Waals surface area contributed by atoms with Gasteiger partial charge in [0, 0.05) is 29.5 Å². The smallest absolute Gasteiger partial charge is 0.251 e. The molecule has 6 heteroatoms. The largest absolute Gasteiger partial charge is 0.494 e. The summed E-state index contributed by atoms with van der Waals surface area (Å²) >= 11 is 3.41. The number of amides is 1. The second kappa shape index (κ2) is 11.1. The standard InChI is InChI=1S/C27H28BrN3O2/c1-20-11-13-23(14-12-20)33-18-5-4-17-31-25-10-3-2-9-24(25)30-26(31)15-16-29-27(32)21-7-6-8-22(28)19-21/h2-3,6-14,19H,4-5,15-18H2,1H3,(H,29,32). The Balaban J connectivity index is 1.33. The van der Waals surface area contributed by atoms with Crippen LogP contribution in [0, 0.1) is 6.92 Å². The van der Waals surface area contributed by atoms with Gasteiger partial charge in [-0.1, -0.05) is 51.8 Å². The van der Waals surface area contributed by atoms with Crippen LogP contribution in [-0.4, -0.2) is 28.6 Å². The number of nitrogens with one attached hydrogen (secondary N) is 1. The zero-order valence-corrected chi connectivity index (χ0v) is 20.3. The molecule has 0 aliphatic rings. The van der Waals surface area contributed by atoms with Gasteiger partial charge in [0.15, 0.2) is 0 Å². The molecular formula is C27H28BrN3O2. The fraction of sp³-hybridized carbons (Fsp3) is 0.259. The van der Waals surface area contributed by atoms with Crippen molar-refractivity contribution in [2.24, 2.45) is 0 Å². The Morgan fingerprint density at radius 2 is 1.85 bits per heavy atom. The zero-order valence-electron chi connectivity index (χ0n) is 18.8. The normalized spacial score (nSPS) is 11.0. The molecule has 0 saturated carbocycles. The van der Waals surface area contributed by atoms with E-state index in [1.165, 1.54) is 5.56 Å². The Bertz CT molecular complexity index is 1220. The van der Waals surface area contributed by atoms with E-state index in [0.29, 0.717) is 25.1 Å². The highest BCUT2D eigenvalue weighted by molar-refractivity contribution is 9.10. The van der Waals surface area contributed by atoms with E-state index >= 15 is 0 Å². The highest BCUT2D eigenvalue weighted by Crippen LogP contribution is 2.18. The molecule has 0 aliphatic carbocycles. The monoisotopic (exact) mass is 505 g/mol. The average Bonchev–Trinajstić information content (AvgIpc) is 3.17. The number of aromatic nitrogens is 2. The Kier molecular flexibility index (Phi) is 7.79. The number of carbonyl (C=O) groups excluding carboxylic acids is 1. The lowest BCUT2D eigenvalue weighted by Gasteiger charge is -2.11. The number of unbranched alkanes of at least 4 members (excludes halogenated alkanes) is 1. The first kappa shape index (κ1) is 23.1. The first-order valence-electron chi connectivity index (χ1n) is 11.3. The molecule has 3 aromatic carbocycles. The van der Waals surface area contributed by atoms with Crippen LogP contribution in [0.2, 0.25) is 0 Å². The van der Waals surface area contributed by atoms with Gasteiger partial charge in [-0.05, 0) is 62.2 Å². The van der Waals surface area contributed by atoms with Gasteiger partial charge in [-0.3, -0.25) is 4.79 Å². The van der Waals surface area contributed by atoms with Crippen LogP contribution in [0.3, 0.4) is 0 Å². The number of halogens is 1. The maximum Gasteiger partial charge on any atom is 0.251 e. The van der Waals surface area contributed by atoms with Gasteiger partial charge in [0.1, 0.15) is 11.6 Å². The molecule has 5 nitrogen and oxygen atoms in total. The van der Waals surface area contributed by atoms with Gasteiger partial charge in [0.25, 0.3) is 5.91 Å². The molecule has 0 aliphatic heterocycles. The fourth-order valence-electron chi connectivity index (χ4n) is 3.78. The number of fused-ring (bicyclic) bond motifs is 1. The number of imidazole rings is 1. The van der Waals surface area contributed by atoms with Crippen LogP contribution in [0.15, 0.2) is 77.3 Å². The van der Waals surface area contributed by atoms with E-state index < -0.39 is 0 Å². The van der Waals surface area contributed by atoms with Gasteiger partial charge in [-0.2, -0.15) is 0 Å². The number of carbonyl (C=O) groups is 1. The third-order valence-electron chi connectivity index (χ3n) is 5.52. The van der Waals surface area contributed by atoms with Gasteiger partial charge in [0.05, 0.1) is 17.6 Å². The van der Waals surface area contributed by atoms with Crippen LogP contribution in [0.4, 0.5) is 0 Å². The van der Waals surface area contributed by atoms with Gasteiger partial charge >= 0.3 is 0 Å². The molecule has 1 heterocycles. The summed E-state index contributed by atoms with van der Waals surface area (Å²) in [5.74, 6) is 1.83. The van der Waals surface area contributed by atoms with E-state index in [1.54, 1.807) is 0 Å². The minimum atomic E-state index is -0.0767. The van der Waals surface area contributed by atoms with E-state index in [2.05, 4.69) is 50.9 Å². The average molecular weight is 506 g/mol. The van der Waals surface area contributed by atoms with Crippen molar-refractivity contribution in [2.45, 2.75) is 32.7 Å². The molecule has 1 N–H and O–H groups in total. The molecule has 1 aromatic heterocycles. The molecule has 0 saturated heterocycles. The Hall–Kier alpha value is -3.12. The maximum absolute atomic E-state index is 12.5. The van der Waals surface area contributed by atoms with Gasteiger partial charge in [0.2, 0.25) is 0 Å². The summed E-state index contributed by atoms with van der Waals surface area (Å²) in [5, 5.41) is 3.01. The summed E-state index contributed by atoms with van der Waals surface area (Å²) < 4.78 is 9.03. The summed E-state index contributed by atoms with van der Waals surface area (Å²) in [6.07, 6.45) is 2.62. The number of aryl methyl sites for hydroxylation is 2. The summed E-state index contributed by atoms with van der Waals surface area (Å²) in [6, 6.07) is 23.8. The Morgan fingerprint density at radius 3 is 2.67 bits per heavy atom. The second-order valence-corrected chi connectivity index (χ2v) is 8.97. The minimum Gasteiger partial charge on any atom is -0.494 e. The Morgan fingerprint density at radius 1 is 1.03 bits per heavy atom. The number of ether oxygens (including phenoxy) is 1. The topological polar surface area (TPSA) is 56.1 Å². The predicted octanol–water partition coefficient (Wildman–Crippen LogP) is 5.94. The molecular weight excluding hydrogens is 478 g/mol. The first-order chi connectivity index (χ1) is 16.1. The fourth-order valence-corrected chi connectivity index (χ4v) is 4.18. The van der Waals surface area contributed by atoms with Crippen molar-refractivity contribution in [3.63, 3.8) is 0 Å². The highest BCUT2D eigenvalue weighted by atomic mass is 79.9. The molecule has 0 fully saturated rings. The van der Waals surface area contributed by atoms with Crippen LogP contribution in [0.25, 0.3) is 11.0 Å². The van der Waals surface area contributed by atoms with E-state index in [4.69, 9.17) is 9.72 Å². The van der Waals surface area contributed by atoms with Crippen molar-refractivity contribution in [1.29, 1.82) is 0 Å². The molecule has 0 spiro atoms. The molecule has 0 radical (unpaired) electrons. The number of para-hydroxylation sites is 2. The highest BCUT2D eigenvalue weighted by Gasteiger charge is 2.11. The van der Waals surface area contributed by atoms with E-state index in [9.17, 15) is 4.79 Å². The van der Waals surface area contributed by atoms with Crippen LogP contribution >= 0.6 is 15.9 Å². The lowest BCUT2D eigenvalue weighted by atomic mass is 10.2. The lowest BCUT2D eigenvalue weighted by molar-refractivity contribution is 0.0954. The van der Waals surface area contributed by atoms with Crippen LogP contribution in [0.5, 0.6) is 5.75 Å².